The zero-order valence-corrected chi connectivity index (χ0v) is 14.4. The normalized spacial score (nSPS) is 15.6. The molecule has 0 N–H and O–H groups in total. The van der Waals surface area contributed by atoms with Crippen LogP contribution in [-0.4, -0.2) is 61.6 Å². The number of nitrogens with zero attached hydrogens (tertiary/aromatic N) is 5. The van der Waals surface area contributed by atoms with Crippen molar-refractivity contribution in [2.45, 2.75) is 13.0 Å². The molecule has 8 heteroatoms. The van der Waals surface area contributed by atoms with E-state index in [0.717, 1.165) is 17.0 Å². The maximum atomic E-state index is 12.4. The minimum Gasteiger partial charge on any atom is -0.337 e. The second-order valence-electron chi connectivity index (χ2n) is 5.65. The number of rotatable bonds is 5. The van der Waals surface area contributed by atoms with Crippen LogP contribution in [-0.2, 0) is 4.79 Å². The average Bonchev–Trinajstić information content (AvgIpc) is 3.26. The standard InChI is InChI=1S/C16H19N5O2S/c1-12(19(2)15(22)9-20-7-8-24-16(20)23)13-3-5-14(6-4-13)21-11-17-10-18-21/h3-6,10-12H,7-9H2,1-2H3. The van der Waals surface area contributed by atoms with E-state index in [1.54, 1.807) is 27.9 Å². The molecule has 2 heterocycles. The molecule has 0 radical (unpaired) electrons. The van der Waals surface area contributed by atoms with Crippen LogP contribution in [0.15, 0.2) is 36.9 Å². The van der Waals surface area contributed by atoms with E-state index in [-0.39, 0.29) is 23.7 Å². The molecular weight excluding hydrogens is 326 g/mol. The smallest absolute Gasteiger partial charge is 0.282 e. The molecule has 1 aromatic heterocycles. The first-order valence-electron chi connectivity index (χ1n) is 7.68. The lowest BCUT2D eigenvalue weighted by atomic mass is 10.1. The Balaban J connectivity index is 1.65. The van der Waals surface area contributed by atoms with Gasteiger partial charge in [0.15, 0.2) is 0 Å². The fourth-order valence-electron chi connectivity index (χ4n) is 2.53. The van der Waals surface area contributed by atoms with Crippen molar-refractivity contribution in [3.8, 4) is 5.69 Å². The monoisotopic (exact) mass is 345 g/mol. The largest absolute Gasteiger partial charge is 0.337 e. The van der Waals surface area contributed by atoms with Crippen molar-refractivity contribution in [2.75, 3.05) is 25.9 Å². The first-order valence-corrected chi connectivity index (χ1v) is 8.67. The Morgan fingerprint density at radius 2 is 2.12 bits per heavy atom. The van der Waals surface area contributed by atoms with E-state index in [1.165, 1.54) is 18.1 Å². The Morgan fingerprint density at radius 1 is 1.38 bits per heavy atom. The Hall–Kier alpha value is -2.35. The van der Waals surface area contributed by atoms with Gasteiger partial charge in [-0.05, 0) is 24.6 Å². The first-order chi connectivity index (χ1) is 11.6. The maximum Gasteiger partial charge on any atom is 0.282 e. The van der Waals surface area contributed by atoms with E-state index in [9.17, 15) is 9.59 Å². The molecule has 7 nitrogen and oxygen atoms in total. The van der Waals surface area contributed by atoms with Crippen molar-refractivity contribution in [3.63, 3.8) is 0 Å². The summed E-state index contributed by atoms with van der Waals surface area (Å²) in [7, 11) is 1.77. The lowest BCUT2D eigenvalue weighted by Gasteiger charge is -2.27. The van der Waals surface area contributed by atoms with Crippen molar-refractivity contribution >= 4 is 22.9 Å². The third-order valence-electron chi connectivity index (χ3n) is 4.20. The molecule has 24 heavy (non-hydrogen) atoms. The van der Waals surface area contributed by atoms with E-state index in [2.05, 4.69) is 10.1 Å². The Bertz CT molecular complexity index is 717. The van der Waals surface area contributed by atoms with Crippen molar-refractivity contribution in [2.24, 2.45) is 0 Å². The highest BCUT2D eigenvalue weighted by atomic mass is 32.2. The van der Waals surface area contributed by atoms with Crippen LogP contribution in [0.4, 0.5) is 4.79 Å². The number of aromatic nitrogens is 3. The Morgan fingerprint density at radius 3 is 2.71 bits per heavy atom. The Kier molecular flexibility index (Phi) is 4.84. The van der Waals surface area contributed by atoms with Crippen LogP contribution in [0, 0.1) is 0 Å². The molecule has 2 amide bonds. The first kappa shape index (κ1) is 16.5. The Labute approximate surface area is 144 Å². The predicted octanol–water partition coefficient (Wildman–Crippen LogP) is 1.96. The average molecular weight is 345 g/mol. The van der Waals surface area contributed by atoms with E-state index in [4.69, 9.17) is 0 Å². The highest BCUT2D eigenvalue weighted by molar-refractivity contribution is 8.13. The van der Waals surface area contributed by atoms with Crippen LogP contribution in [0.25, 0.3) is 5.69 Å². The number of thioether (sulfide) groups is 1. The summed E-state index contributed by atoms with van der Waals surface area (Å²) in [6.45, 7) is 2.76. The summed E-state index contributed by atoms with van der Waals surface area (Å²) >= 11 is 1.27. The van der Waals surface area contributed by atoms with E-state index >= 15 is 0 Å². The molecule has 3 rings (SSSR count). The van der Waals surface area contributed by atoms with Gasteiger partial charge in [-0.3, -0.25) is 9.59 Å². The van der Waals surface area contributed by atoms with Crippen LogP contribution in [0.3, 0.4) is 0 Å². The molecule has 1 saturated heterocycles. The van der Waals surface area contributed by atoms with Crippen LogP contribution in [0.2, 0.25) is 0 Å². The minimum absolute atomic E-state index is 0.0124. The molecule has 1 atom stereocenters. The molecule has 1 unspecified atom stereocenters. The summed E-state index contributed by atoms with van der Waals surface area (Å²) in [6.07, 6.45) is 3.13. The van der Waals surface area contributed by atoms with E-state index < -0.39 is 0 Å². The third-order valence-corrected chi connectivity index (χ3v) is 5.10. The number of likely N-dealkylation sites (N-methyl/N-ethyl adjacent to an activating group) is 1. The summed E-state index contributed by atoms with van der Waals surface area (Å²) in [5, 5.41) is 4.08. The van der Waals surface area contributed by atoms with Gasteiger partial charge in [-0.25, -0.2) is 9.67 Å². The van der Waals surface area contributed by atoms with Crippen molar-refractivity contribution in [3.05, 3.63) is 42.5 Å². The summed E-state index contributed by atoms with van der Waals surface area (Å²) < 4.78 is 1.68. The molecule has 0 bridgehead atoms. The SMILES string of the molecule is CC(c1ccc(-n2cncn2)cc1)N(C)C(=O)CN1CCSC1=O. The van der Waals surface area contributed by atoms with Gasteiger partial charge in [0, 0.05) is 19.3 Å². The molecular formula is C16H19N5O2S. The number of carbonyl (C=O) groups excluding carboxylic acids is 2. The molecule has 0 saturated carbocycles. The zero-order valence-electron chi connectivity index (χ0n) is 13.6. The third kappa shape index (κ3) is 3.43. The van der Waals surface area contributed by atoms with Gasteiger partial charge in [-0.1, -0.05) is 23.9 Å². The number of hydrogen-bond donors (Lipinski definition) is 0. The van der Waals surface area contributed by atoms with Gasteiger partial charge in [-0.2, -0.15) is 5.10 Å². The van der Waals surface area contributed by atoms with Gasteiger partial charge in [0.05, 0.1) is 11.7 Å². The molecule has 1 aromatic carbocycles. The minimum atomic E-state index is -0.0762. The lowest BCUT2D eigenvalue weighted by Crippen LogP contribution is -2.39. The van der Waals surface area contributed by atoms with Crippen molar-refractivity contribution in [1.29, 1.82) is 0 Å². The molecule has 1 aliphatic rings. The molecule has 0 aliphatic carbocycles. The van der Waals surface area contributed by atoms with Crippen LogP contribution >= 0.6 is 11.8 Å². The van der Waals surface area contributed by atoms with Crippen molar-refractivity contribution < 1.29 is 9.59 Å². The summed E-state index contributed by atoms with van der Waals surface area (Å²) in [5.74, 6) is 0.702. The van der Waals surface area contributed by atoms with Crippen LogP contribution < -0.4 is 0 Å². The second kappa shape index (κ2) is 7.04. The van der Waals surface area contributed by atoms with Crippen LogP contribution in [0.1, 0.15) is 18.5 Å². The number of amides is 2. The number of carbonyl (C=O) groups is 2. The molecule has 2 aromatic rings. The number of benzene rings is 1. The topological polar surface area (TPSA) is 71.3 Å². The second-order valence-corrected chi connectivity index (χ2v) is 6.69. The highest BCUT2D eigenvalue weighted by Crippen LogP contribution is 2.22. The van der Waals surface area contributed by atoms with E-state index in [0.29, 0.717) is 6.54 Å². The van der Waals surface area contributed by atoms with Gasteiger partial charge in [0.1, 0.15) is 19.2 Å². The predicted molar refractivity (Wildman–Crippen MR) is 92.0 cm³/mol. The van der Waals surface area contributed by atoms with Gasteiger partial charge in [-0.15, -0.1) is 0 Å². The summed E-state index contributed by atoms with van der Waals surface area (Å²) in [6, 6.07) is 7.76. The molecule has 1 aliphatic heterocycles. The van der Waals surface area contributed by atoms with Gasteiger partial charge in [0.2, 0.25) is 5.91 Å². The van der Waals surface area contributed by atoms with E-state index in [1.807, 2.05) is 31.2 Å². The van der Waals surface area contributed by atoms with Gasteiger partial charge < -0.3 is 9.80 Å². The fraction of sp³-hybridized carbons (Fsp3) is 0.375. The fourth-order valence-corrected chi connectivity index (χ4v) is 3.36. The molecule has 0 spiro atoms. The lowest BCUT2D eigenvalue weighted by molar-refractivity contribution is -0.132. The van der Waals surface area contributed by atoms with Gasteiger partial charge in [0.25, 0.3) is 5.24 Å². The quantitative estimate of drug-likeness (QED) is 0.828. The maximum absolute atomic E-state index is 12.4. The van der Waals surface area contributed by atoms with Gasteiger partial charge >= 0.3 is 0 Å². The molecule has 1 fully saturated rings. The zero-order chi connectivity index (χ0) is 17.1. The summed E-state index contributed by atoms with van der Waals surface area (Å²) in [5.41, 5.74) is 1.94. The van der Waals surface area contributed by atoms with Crippen molar-refractivity contribution in [1.82, 2.24) is 24.6 Å². The summed E-state index contributed by atoms with van der Waals surface area (Å²) in [4.78, 5) is 31.3. The number of hydrogen-bond acceptors (Lipinski definition) is 5. The molecule has 126 valence electrons. The highest BCUT2D eigenvalue weighted by Gasteiger charge is 2.26. The van der Waals surface area contributed by atoms with Crippen LogP contribution in [0.5, 0.6) is 0 Å².